The molecule has 0 radical (unpaired) electrons. The molecular formula is C22H23ClN2O2. The third-order valence-electron chi connectivity index (χ3n) is 5.95. The Morgan fingerprint density at radius 2 is 1.81 bits per heavy atom. The lowest BCUT2D eigenvalue weighted by atomic mass is 9.87. The van der Waals surface area contributed by atoms with Gasteiger partial charge in [0.2, 0.25) is 5.91 Å². The summed E-state index contributed by atoms with van der Waals surface area (Å²) in [4.78, 5) is 29.1. The third-order valence-corrected chi connectivity index (χ3v) is 6.18. The molecule has 2 fully saturated rings. The second-order valence-corrected chi connectivity index (χ2v) is 8.05. The number of carbonyl (C=O) groups is 2. The molecule has 2 aromatic rings. The number of carbonyl (C=O) groups excluding carboxylic acids is 2. The van der Waals surface area contributed by atoms with Gasteiger partial charge in [-0.2, -0.15) is 0 Å². The first-order valence-electron chi connectivity index (χ1n) is 9.33. The number of benzene rings is 2. The van der Waals surface area contributed by atoms with E-state index in [-0.39, 0.29) is 23.8 Å². The minimum atomic E-state index is -0.0213. The Bertz CT molecular complexity index is 897. The predicted molar refractivity (Wildman–Crippen MR) is 106 cm³/mol. The molecule has 2 aliphatic rings. The summed E-state index contributed by atoms with van der Waals surface area (Å²) < 4.78 is 0. The molecule has 3 atom stereocenters. The molecule has 2 aromatic carbocycles. The van der Waals surface area contributed by atoms with Gasteiger partial charge < -0.3 is 9.80 Å². The van der Waals surface area contributed by atoms with Gasteiger partial charge in [-0.1, -0.05) is 41.9 Å². The van der Waals surface area contributed by atoms with E-state index in [1.807, 2.05) is 34.1 Å². The summed E-state index contributed by atoms with van der Waals surface area (Å²) in [5.41, 5.74) is 2.96. The molecule has 0 bridgehead atoms. The normalized spacial score (nSPS) is 24.2. The zero-order chi connectivity index (χ0) is 19.1. The van der Waals surface area contributed by atoms with E-state index in [1.165, 1.54) is 11.1 Å². The van der Waals surface area contributed by atoms with Crippen molar-refractivity contribution in [2.24, 2.45) is 11.8 Å². The number of hydrogen-bond acceptors (Lipinski definition) is 2. The van der Waals surface area contributed by atoms with Gasteiger partial charge in [-0.05, 0) is 36.2 Å². The molecule has 140 valence electrons. The molecule has 2 aliphatic heterocycles. The summed E-state index contributed by atoms with van der Waals surface area (Å²) in [5.74, 6) is 0.690. The van der Waals surface area contributed by atoms with E-state index in [2.05, 4.69) is 19.1 Å². The van der Waals surface area contributed by atoms with Crippen LogP contribution in [-0.4, -0.2) is 41.2 Å². The maximum absolute atomic E-state index is 13.3. The van der Waals surface area contributed by atoms with Gasteiger partial charge in [0, 0.05) is 49.0 Å². The molecule has 0 spiro atoms. The standard InChI is InChI=1S/C22H23ClN2O2/c1-14-6-3-4-9-19(14)21-20-13-24(15(2)26)11-17(20)12-25(21)22(27)16-7-5-8-18(23)10-16/h3-10,17,20-21H,11-13H2,1-2H3/t17-,20-,21+/m0/s1. The summed E-state index contributed by atoms with van der Waals surface area (Å²) in [6, 6.07) is 15.4. The maximum atomic E-state index is 13.3. The molecule has 27 heavy (non-hydrogen) atoms. The van der Waals surface area contributed by atoms with Gasteiger partial charge in [-0.25, -0.2) is 0 Å². The fraction of sp³-hybridized carbons (Fsp3) is 0.364. The molecule has 0 saturated carbocycles. The first-order valence-corrected chi connectivity index (χ1v) is 9.71. The highest BCUT2D eigenvalue weighted by atomic mass is 35.5. The quantitative estimate of drug-likeness (QED) is 0.789. The average molecular weight is 383 g/mol. The predicted octanol–water partition coefficient (Wildman–Crippen LogP) is 3.94. The van der Waals surface area contributed by atoms with Gasteiger partial charge in [-0.3, -0.25) is 9.59 Å². The molecule has 0 unspecified atom stereocenters. The fourth-order valence-electron chi connectivity index (χ4n) is 4.62. The maximum Gasteiger partial charge on any atom is 0.254 e. The van der Waals surface area contributed by atoms with Crippen molar-refractivity contribution in [1.29, 1.82) is 0 Å². The van der Waals surface area contributed by atoms with Crippen LogP contribution in [0, 0.1) is 18.8 Å². The molecule has 4 rings (SSSR count). The van der Waals surface area contributed by atoms with Crippen molar-refractivity contribution >= 4 is 23.4 Å². The minimum absolute atomic E-state index is 0.00882. The number of hydrogen-bond donors (Lipinski definition) is 0. The van der Waals surface area contributed by atoms with Crippen LogP contribution in [0.25, 0.3) is 0 Å². The average Bonchev–Trinajstić information content (AvgIpc) is 3.20. The number of halogens is 1. The third kappa shape index (κ3) is 3.23. The molecule has 0 aromatic heterocycles. The zero-order valence-electron chi connectivity index (χ0n) is 15.6. The van der Waals surface area contributed by atoms with Gasteiger partial charge in [0.1, 0.15) is 0 Å². The van der Waals surface area contributed by atoms with Crippen LogP contribution in [0.3, 0.4) is 0 Å². The smallest absolute Gasteiger partial charge is 0.254 e. The Hall–Kier alpha value is -2.33. The Kier molecular flexibility index (Phi) is 4.68. The zero-order valence-corrected chi connectivity index (χ0v) is 16.3. The van der Waals surface area contributed by atoms with E-state index in [9.17, 15) is 9.59 Å². The number of rotatable bonds is 2. The van der Waals surface area contributed by atoms with E-state index < -0.39 is 0 Å². The summed E-state index contributed by atoms with van der Waals surface area (Å²) in [6.45, 7) is 5.81. The molecule has 4 nitrogen and oxygen atoms in total. The van der Waals surface area contributed by atoms with Crippen LogP contribution in [0.4, 0.5) is 0 Å². The number of nitrogens with zero attached hydrogens (tertiary/aromatic N) is 2. The van der Waals surface area contributed by atoms with Crippen LogP contribution in [0.1, 0.15) is 34.5 Å². The molecule has 2 amide bonds. The summed E-state index contributed by atoms with van der Waals surface area (Å²) in [6.07, 6.45) is 0. The van der Waals surface area contributed by atoms with Crippen LogP contribution >= 0.6 is 11.6 Å². The van der Waals surface area contributed by atoms with Crippen LogP contribution in [0.5, 0.6) is 0 Å². The molecule has 0 N–H and O–H groups in total. The van der Waals surface area contributed by atoms with Crippen molar-refractivity contribution in [3.8, 4) is 0 Å². The van der Waals surface area contributed by atoms with Crippen molar-refractivity contribution in [3.63, 3.8) is 0 Å². The highest BCUT2D eigenvalue weighted by molar-refractivity contribution is 6.30. The van der Waals surface area contributed by atoms with E-state index in [1.54, 1.807) is 19.1 Å². The van der Waals surface area contributed by atoms with Crippen molar-refractivity contribution in [1.82, 2.24) is 9.80 Å². The second kappa shape index (κ2) is 7.01. The van der Waals surface area contributed by atoms with E-state index in [4.69, 9.17) is 11.6 Å². The minimum Gasteiger partial charge on any atom is -0.342 e. The van der Waals surface area contributed by atoms with Crippen molar-refractivity contribution in [3.05, 3.63) is 70.2 Å². The van der Waals surface area contributed by atoms with Crippen molar-refractivity contribution < 1.29 is 9.59 Å². The topological polar surface area (TPSA) is 40.6 Å². The second-order valence-electron chi connectivity index (χ2n) is 7.62. The van der Waals surface area contributed by atoms with Crippen LogP contribution < -0.4 is 0 Å². The van der Waals surface area contributed by atoms with Gasteiger partial charge in [-0.15, -0.1) is 0 Å². The monoisotopic (exact) mass is 382 g/mol. The lowest BCUT2D eigenvalue weighted by molar-refractivity contribution is -0.128. The Labute approximate surface area is 164 Å². The van der Waals surface area contributed by atoms with Crippen molar-refractivity contribution in [2.45, 2.75) is 19.9 Å². The number of amides is 2. The molecule has 2 saturated heterocycles. The largest absolute Gasteiger partial charge is 0.342 e. The SMILES string of the molecule is CC(=O)N1C[C@H]2CN(C(=O)c3cccc(Cl)c3)[C@H](c3ccccc3C)[C@H]2C1. The highest BCUT2D eigenvalue weighted by Crippen LogP contribution is 2.46. The number of likely N-dealkylation sites (tertiary alicyclic amines) is 2. The molecule has 5 heteroatoms. The van der Waals surface area contributed by atoms with E-state index in [0.29, 0.717) is 29.6 Å². The summed E-state index contributed by atoms with van der Waals surface area (Å²) in [5, 5.41) is 0.565. The van der Waals surface area contributed by atoms with Crippen LogP contribution in [-0.2, 0) is 4.79 Å². The summed E-state index contributed by atoms with van der Waals surface area (Å²) in [7, 11) is 0. The first-order chi connectivity index (χ1) is 13.0. The molecule has 2 heterocycles. The fourth-order valence-corrected chi connectivity index (χ4v) is 4.81. The lowest BCUT2D eigenvalue weighted by Gasteiger charge is -2.31. The van der Waals surface area contributed by atoms with Crippen LogP contribution in [0.15, 0.2) is 48.5 Å². The van der Waals surface area contributed by atoms with E-state index >= 15 is 0 Å². The Morgan fingerprint density at radius 3 is 2.52 bits per heavy atom. The van der Waals surface area contributed by atoms with Crippen LogP contribution in [0.2, 0.25) is 5.02 Å². The van der Waals surface area contributed by atoms with Gasteiger partial charge in [0.05, 0.1) is 6.04 Å². The highest BCUT2D eigenvalue weighted by Gasteiger charge is 2.50. The number of aryl methyl sites for hydroxylation is 1. The molecule has 0 aliphatic carbocycles. The first kappa shape index (κ1) is 18.1. The number of fused-ring (bicyclic) bond motifs is 1. The summed E-state index contributed by atoms with van der Waals surface area (Å²) >= 11 is 6.11. The van der Waals surface area contributed by atoms with Crippen molar-refractivity contribution in [2.75, 3.05) is 19.6 Å². The van der Waals surface area contributed by atoms with Gasteiger partial charge in [0.25, 0.3) is 5.91 Å². The molecular weight excluding hydrogens is 360 g/mol. The van der Waals surface area contributed by atoms with E-state index in [0.717, 1.165) is 6.54 Å². The lowest BCUT2D eigenvalue weighted by Crippen LogP contribution is -2.37. The van der Waals surface area contributed by atoms with Gasteiger partial charge >= 0.3 is 0 Å². The Balaban J connectivity index is 1.72. The van der Waals surface area contributed by atoms with Gasteiger partial charge in [0.15, 0.2) is 0 Å². The Morgan fingerprint density at radius 1 is 1.04 bits per heavy atom.